The number of aryl methyl sites for hydroxylation is 1. The molecule has 0 spiro atoms. The molecule has 20 heavy (non-hydrogen) atoms. The first kappa shape index (κ1) is 13.6. The highest BCUT2D eigenvalue weighted by molar-refractivity contribution is 9.10. The van der Waals surface area contributed by atoms with Crippen molar-refractivity contribution in [1.29, 1.82) is 0 Å². The Labute approximate surface area is 124 Å². The monoisotopic (exact) mass is 338 g/mol. The van der Waals surface area contributed by atoms with Gasteiger partial charge in [-0.2, -0.15) is 0 Å². The van der Waals surface area contributed by atoms with Gasteiger partial charge in [-0.15, -0.1) is 0 Å². The molecule has 3 rings (SSSR count). The lowest BCUT2D eigenvalue weighted by Crippen LogP contribution is -2.24. The summed E-state index contributed by atoms with van der Waals surface area (Å²) < 4.78 is 17.1. The molecule has 106 valence electrons. The van der Waals surface area contributed by atoms with E-state index in [0.29, 0.717) is 10.1 Å². The maximum absolute atomic E-state index is 11.6. The van der Waals surface area contributed by atoms with Gasteiger partial charge in [0.2, 0.25) is 0 Å². The lowest BCUT2D eigenvalue weighted by molar-refractivity contribution is -0.105. The maximum Gasteiger partial charge on any atom is 0.350 e. The van der Waals surface area contributed by atoms with Crippen molar-refractivity contribution < 1.29 is 13.9 Å². The highest BCUT2D eigenvalue weighted by Gasteiger charge is 2.16. The van der Waals surface area contributed by atoms with Crippen LogP contribution in [0.15, 0.2) is 31.9 Å². The minimum Gasteiger partial charge on any atom is -0.465 e. The van der Waals surface area contributed by atoms with Crippen molar-refractivity contribution in [2.45, 2.75) is 32.5 Å². The van der Waals surface area contributed by atoms with Crippen molar-refractivity contribution in [2.75, 3.05) is 6.61 Å². The van der Waals surface area contributed by atoms with Crippen LogP contribution < -0.4 is 10.4 Å². The molecule has 4 nitrogen and oxygen atoms in total. The molecule has 1 atom stereocenters. The first-order valence-corrected chi connectivity index (χ1v) is 7.45. The average Bonchev–Trinajstić information content (AvgIpc) is 2.47. The molecule has 2 aromatic rings. The predicted octanol–water partition coefficient (Wildman–Crippen LogP) is 3.77. The van der Waals surface area contributed by atoms with E-state index >= 15 is 0 Å². The molecule has 1 aliphatic rings. The molecule has 0 aliphatic carbocycles. The Bertz CT molecular complexity index is 686. The molecule has 0 N–H and O–H groups in total. The van der Waals surface area contributed by atoms with Crippen LogP contribution in [0.1, 0.15) is 24.8 Å². The Morgan fingerprint density at radius 3 is 2.95 bits per heavy atom. The quantitative estimate of drug-likeness (QED) is 0.782. The third-order valence-electron chi connectivity index (χ3n) is 3.47. The number of benzene rings is 1. The summed E-state index contributed by atoms with van der Waals surface area (Å²) in [5.41, 5.74) is 1.05. The van der Waals surface area contributed by atoms with Gasteiger partial charge in [0.05, 0.1) is 6.61 Å². The fraction of sp³-hybridized carbons (Fsp3) is 0.400. The Hall–Kier alpha value is -1.33. The van der Waals surface area contributed by atoms with E-state index in [9.17, 15) is 4.79 Å². The third kappa shape index (κ3) is 2.60. The van der Waals surface area contributed by atoms with Crippen LogP contribution >= 0.6 is 15.9 Å². The lowest BCUT2D eigenvalue weighted by Gasteiger charge is -2.23. The van der Waals surface area contributed by atoms with Gasteiger partial charge in [-0.25, -0.2) is 4.79 Å². The molecule has 5 heteroatoms. The molecule has 2 heterocycles. The van der Waals surface area contributed by atoms with Gasteiger partial charge >= 0.3 is 5.63 Å². The summed E-state index contributed by atoms with van der Waals surface area (Å²) in [5, 5.41) is 0.866. The van der Waals surface area contributed by atoms with E-state index in [1.165, 1.54) is 0 Å². The number of halogens is 1. The topological polar surface area (TPSA) is 48.7 Å². The molecular weight excluding hydrogens is 324 g/mol. The minimum absolute atomic E-state index is 0.180. The number of hydrogen-bond acceptors (Lipinski definition) is 4. The van der Waals surface area contributed by atoms with E-state index < -0.39 is 0 Å². The van der Waals surface area contributed by atoms with E-state index in [-0.39, 0.29) is 11.9 Å². The fourth-order valence-electron chi connectivity index (χ4n) is 2.34. The molecular formula is C15H15BrO4. The van der Waals surface area contributed by atoms with Gasteiger partial charge in [-0.05, 0) is 59.5 Å². The third-order valence-corrected chi connectivity index (χ3v) is 4.39. The summed E-state index contributed by atoms with van der Waals surface area (Å²) in [5.74, 6) is 0.730. The standard InChI is InChI=1S/C15H15BrO4/c1-9-11-8-10(19-13-4-2-3-7-18-13)5-6-12(11)20-15(17)14(9)16/h5-6,8,13H,2-4,7H2,1H3. The van der Waals surface area contributed by atoms with Gasteiger partial charge in [0.15, 0.2) is 6.29 Å². The minimum atomic E-state index is -0.362. The van der Waals surface area contributed by atoms with Crippen LogP contribution in [0.2, 0.25) is 0 Å². The molecule has 1 aliphatic heterocycles. The molecule has 0 bridgehead atoms. The van der Waals surface area contributed by atoms with E-state index in [1.807, 2.05) is 13.0 Å². The first-order chi connectivity index (χ1) is 9.65. The van der Waals surface area contributed by atoms with Crippen LogP contribution in [-0.4, -0.2) is 12.9 Å². The molecule has 0 radical (unpaired) electrons. The lowest BCUT2D eigenvalue weighted by atomic mass is 10.1. The van der Waals surface area contributed by atoms with Gasteiger partial charge in [-0.3, -0.25) is 0 Å². The number of fused-ring (bicyclic) bond motifs is 1. The van der Waals surface area contributed by atoms with Crippen molar-refractivity contribution in [3.05, 3.63) is 38.7 Å². The van der Waals surface area contributed by atoms with Crippen LogP contribution in [0.5, 0.6) is 5.75 Å². The SMILES string of the molecule is Cc1c(Br)c(=O)oc2ccc(OC3CCCCO3)cc12. The predicted molar refractivity (Wildman–Crippen MR) is 79.1 cm³/mol. The van der Waals surface area contributed by atoms with Crippen LogP contribution in [0.4, 0.5) is 0 Å². The van der Waals surface area contributed by atoms with E-state index in [1.54, 1.807) is 12.1 Å². The zero-order valence-corrected chi connectivity index (χ0v) is 12.7. The Morgan fingerprint density at radius 1 is 1.35 bits per heavy atom. The second-order valence-corrected chi connectivity index (χ2v) is 5.69. The van der Waals surface area contributed by atoms with Gasteiger partial charge in [-0.1, -0.05) is 0 Å². The zero-order valence-electron chi connectivity index (χ0n) is 11.1. The fourth-order valence-corrected chi connectivity index (χ4v) is 2.63. The molecule has 1 aromatic carbocycles. The Kier molecular flexibility index (Phi) is 3.81. The summed E-state index contributed by atoms with van der Waals surface area (Å²) in [6, 6.07) is 5.45. The Balaban J connectivity index is 1.95. The highest BCUT2D eigenvalue weighted by atomic mass is 79.9. The normalized spacial score (nSPS) is 19.2. The smallest absolute Gasteiger partial charge is 0.350 e. The Morgan fingerprint density at radius 2 is 2.20 bits per heavy atom. The maximum atomic E-state index is 11.6. The van der Waals surface area contributed by atoms with Crippen molar-refractivity contribution in [2.24, 2.45) is 0 Å². The van der Waals surface area contributed by atoms with Gasteiger partial charge in [0, 0.05) is 11.8 Å². The van der Waals surface area contributed by atoms with Crippen LogP contribution in [0.25, 0.3) is 11.0 Å². The van der Waals surface area contributed by atoms with Gasteiger partial charge in [0.1, 0.15) is 15.8 Å². The molecule has 0 amide bonds. The first-order valence-electron chi connectivity index (χ1n) is 6.66. The van der Waals surface area contributed by atoms with Gasteiger partial charge in [0.25, 0.3) is 0 Å². The number of hydrogen-bond donors (Lipinski definition) is 0. The zero-order chi connectivity index (χ0) is 14.1. The summed E-state index contributed by atoms with van der Waals surface area (Å²) >= 11 is 3.25. The highest BCUT2D eigenvalue weighted by Crippen LogP contribution is 2.28. The van der Waals surface area contributed by atoms with Crippen LogP contribution in [0.3, 0.4) is 0 Å². The second kappa shape index (κ2) is 5.58. The molecule has 1 saturated heterocycles. The number of rotatable bonds is 2. The van der Waals surface area contributed by atoms with E-state index in [0.717, 1.165) is 42.6 Å². The number of ether oxygens (including phenoxy) is 2. The molecule has 0 saturated carbocycles. The van der Waals surface area contributed by atoms with Crippen LogP contribution in [-0.2, 0) is 4.74 Å². The molecule has 1 aromatic heterocycles. The average molecular weight is 339 g/mol. The van der Waals surface area contributed by atoms with E-state index in [2.05, 4.69) is 15.9 Å². The van der Waals surface area contributed by atoms with Crippen molar-refractivity contribution in [1.82, 2.24) is 0 Å². The summed E-state index contributed by atoms with van der Waals surface area (Å²) in [6.45, 7) is 2.63. The molecule has 1 unspecified atom stereocenters. The van der Waals surface area contributed by atoms with Crippen molar-refractivity contribution >= 4 is 26.9 Å². The summed E-state index contributed by atoms with van der Waals surface area (Å²) in [7, 11) is 0. The van der Waals surface area contributed by atoms with Gasteiger partial charge < -0.3 is 13.9 Å². The van der Waals surface area contributed by atoms with Crippen LogP contribution in [0, 0.1) is 6.92 Å². The second-order valence-electron chi connectivity index (χ2n) is 4.90. The largest absolute Gasteiger partial charge is 0.465 e. The van der Waals surface area contributed by atoms with Crippen molar-refractivity contribution in [3.63, 3.8) is 0 Å². The summed E-state index contributed by atoms with van der Waals surface area (Å²) in [4.78, 5) is 11.6. The van der Waals surface area contributed by atoms with E-state index in [4.69, 9.17) is 13.9 Å². The van der Waals surface area contributed by atoms with Crippen molar-refractivity contribution in [3.8, 4) is 5.75 Å². The summed E-state index contributed by atoms with van der Waals surface area (Å²) in [6.07, 6.45) is 2.94. The molecule has 1 fully saturated rings.